The molecule has 0 N–H and O–H groups in total. The van der Waals surface area contributed by atoms with Crippen LogP contribution in [0.5, 0.6) is 0 Å². The van der Waals surface area contributed by atoms with Gasteiger partial charge in [0.15, 0.2) is 0 Å². The largest absolute Gasteiger partial charge is 0.273 e. The smallest absolute Gasteiger partial charge is 0.0875 e. The van der Waals surface area contributed by atoms with E-state index in [9.17, 15) is 0 Å². The van der Waals surface area contributed by atoms with Gasteiger partial charge in [-0.1, -0.05) is 0 Å². The molecule has 1 aromatic heterocycles. The molecule has 0 fully saturated rings. The third-order valence-corrected chi connectivity index (χ3v) is 1.77. The molecule has 3 heteroatoms. The molecule has 58 valence electrons. The van der Waals surface area contributed by atoms with Crippen molar-refractivity contribution in [3.8, 4) is 6.07 Å². The molecular weight excluding hydrogens is 138 g/mol. The predicted molar refractivity (Wildman–Crippen MR) is 42.0 cm³/mol. The van der Waals surface area contributed by atoms with Gasteiger partial charge in [-0.15, -0.1) is 0 Å². The average molecular weight is 149 g/mol. The number of aryl methyl sites for hydroxylation is 2. The molecule has 0 radical (unpaired) electrons. The zero-order valence-electron chi connectivity index (χ0n) is 7.00. The number of hydrogen-bond donors (Lipinski definition) is 0. The van der Waals surface area contributed by atoms with Gasteiger partial charge in [0.25, 0.3) is 0 Å². The van der Waals surface area contributed by atoms with Crippen LogP contribution in [-0.2, 0) is 7.05 Å². The zero-order valence-corrected chi connectivity index (χ0v) is 7.00. The van der Waals surface area contributed by atoms with Gasteiger partial charge in [-0.05, 0) is 19.9 Å². The molecule has 0 bridgehead atoms. The van der Waals surface area contributed by atoms with E-state index in [4.69, 9.17) is 5.26 Å². The van der Waals surface area contributed by atoms with E-state index in [1.54, 1.807) is 4.68 Å². The Hall–Kier alpha value is -1.30. The lowest BCUT2D eigenvalue weighted by Gasteiger charge is -1.93. The number of nitriles is 1. The first-order chi connectivity index (χ1) is 5.15. The minimum atomic E-state index is -0.102. The maximum Gasteiger partial charge on any atom is 0.0875 e. The van der Waals surface area contributed by atoms with E-state index in [0.29, 0.717) is 0 Å². The molecule has 11 heavy (non-hydrogen) atoms. The van der Waals surface area contributed by atoms with Crippen LogP contribution in [-0.4, -0.2) is 9.78 Å². The monoisotopic (exact) mass is 149 g/mol. The van der Waals surface area contributed by atoms with Crippen LogP contribution in [0.1, 0.15) is 24.2 Å². The molecule has 0 aliphatic rings. The molecule has 1 aromatic rings. The summed E-state index contributed by atoms with van der Waals surface area (Å²) in [7, 11) is 1.88. The Morgan fingerprint density at radius 1 is 1.73 bits per heavy atom. The van der Waals surface area contributed by atoms with E-state index in [1.165, 1.54) is 0 Å². The van der Waals surface area contributed by atoms with Crippen LogP contribution in [0.4, 0.5) is 0 Å². The topological polar surface area (TPSA) is 41.6 Å². The Morgan fingerprint density at radius 3 is 2.73 bits per heavy atom. The van der Waals surface area contributed by atoms with Crippen molar-refractivity contribution in [2.45, 2.75) is 19.8 Å². The molecule has 1 heterocycles. The summed E-state index contributed by atoms with van der Waals surface area (Å²) >= 11 is 0. The van der Waals surface area contributed by atoms with Crippen molar-refractivity contribution in [1.82, 2.24) is 9.78 Å². The SMILES string of the molecule is Cc1cc(C(C)C#N)nn1C. The van der Waals surface area contributed by atoms with Crippen LogP contribution in [0.25, 0.3) is 0 Å². The second kappa shape index (κ2) is 2.75. The van der Waals surface area contributed by atoms with Crippen LogP contribution >= 0.6 is 0 Å². The highest BCUT2D eigenvalue weighted by Gasteiger charge is 2.07. The second-order valence-corrected chi connectivity index (χ2v) is 2.68. The lowest BCUT2D eigenvalue weighted by molar-refractivity contribution is 0.714. The average Bonchev–Trinajstić information content (AvgIpc) is 2.31. The first kappa shape index (κ1) is 7.80. The molecule has 0 saturated heterocycles. The summed E-state index contributed by atoms with van der Waals surface area (Å²) in [5, 5.41) is 12.8. The highest BCUT2D eigenvalue weighted by atomic mass is 15.3. The molecule has 0 saturated carbocycles. The minimum Gasteiger partial charge on any atom is -0.273 e. The van der Waals surface area contributed by atoms with Crippen molar-refractivity contribution in [2.75, 3.05) is 0 Å². The van der Waals surface area contributed by atoms with Crippen molar-refractivity contribution in [1.29, 1.82) is 5.26 Å². The van der Waals surface area contributed by atoms with Crippen molar-refractivity contribution in [3.63, 3.8) is 0 Å². The van der Waals surface area contributed by atoms with Crippen LogP contribution in [0, 0.1) is 18.3 Å². The predicted octanol–water partition coefficient (Wildman–Crippen LogP) is 1.36. The summed E-state index contributed by atoms with van der Waals surface area (Å²) in [6.45, 7) is 3.82. The quantitative estimate of drug-likeness (QED) is 0.605. The summed E-state index contributed by atoms with van der Waals surface area (Å²) < 4.78 is 1.78. The van der Waals surface area contributed by atoms with Crippen molar-refractivity contribution in [2.24, 2.45) is 7.05 Å². The molecule has 0 amide bonds. The molecular formula is C8H11N3. The maximum absolute atomic E-state index is 8.59. The fourth-order valence-electron chi connectivity index (χ4n) is 0.866. The van der Waals surface area contributed by atoms with Gasteiger partial charge in [-0.25, -0.2) is 0 Å². The van der Waals surface area contributed by atoms with E-state index >= 15 is 0 Å². The Labute approximate surface area is 66.3 Å². The molecule has 1 unspecified atom stereocenters. The highest BCUT2D eigenvalue weighted by Crippen LogP contribution is 2.12. The molecule has 0 spiro atoms. The van der Waals surface area contributed by atoms with Crippen LogP contribution in [0.15, 0.2) is 6.07 Å². The Kier molecular flexibility index (Phi) is 1.95. The van der Waals surface area contributed by atoms with Gasteiger partial charge < -0.3 is 0 Å². The van der Waals surface area contributed by atoms with E-state index in [2.05, 4.69) is 11.2 Å². The Morgan fingerprint density at radius 2 is 2.36 bits per heavy atom. The number of rotatable bonds is 1. The Balaban J connectivity index is 2.99. The summed E-state index contributed by atoms with van der Waals surface area (Å²) in [5.74, 6) is -0.102. The third-order valence-electron chi connectivity index (χ3n) is 1.77. The standard InChI is InChI=1S/C8H11N3/c1-6(5-9)8-4-7(2)11(3)10-8/h4,6H,1-3H3. The van der Waals surface area contributed by atoms with Crippen LogP contribution in [0.2, 0.25) is 0 Å². The lowest BCUT2D eigenvalue weighted by atomic mass is 10.1. The third kappa shape index (κ3) is 1.40. The van der Waals surface area contributed by atoms with Crippen molar-refractivity contribution >= 4 is 0 Å². The second-order valence-electron chi connectivity index (χ2n) is 2.68. The van der Waals surface area contributed by atoms with Gasteiger partial charge in [0.2, 0.25) is 0 Å². The van der Waals surface area contributed by atoms with Crippen molar-refractivity contribution < 1.29 is 0 Å². The van der Waals surface area contributed by atoms with E-state index < -0.39 is 0 Å². The Bertz CT molecular complexity index is 273. The fraction of sp³-hybridized carbons (Fsp3) is 0.500. The molecule has 3 nitrogen and oxygen atoms in total. The van der Waals surface area contributed by atoms with Gasteiger partial charge in [0.05, 0.1) is 17.7 Å². The maximum atomic E-state index is 8.59. The van der Waals surface area contributed by atoms with Gasteiger partial charge in [0, 0.05) is 12.7 Å². The number of aromatic nitrogens is 2. The van der Waals surface area contributed by atoms with Crippen LogP contribution < -0.4 is 0 Å². The van der Waals surface area contributed by atoms with Crippen molar-refractivity contribution in [3.05, 3.63) is 17.5 Å². The first-order valence-corrected chi connectivity index (χ1v) is 3.55. The fourth-order valence-corrected chi connectivity index (χ4v) is 0.866. The first-order valence-electron chi connectivity index (χ1n) is 3.55. The summed E-state index contributed by atoms with van der Waals surface area (Å²) in [4.78, 5) is 0. The van der Waals surface area contributed by atoms with Crippen LogP contribution in [0.3, 0.4) is 0 Å². The lowest BCUT2D eigenvalue weighted by Crippen LogP contribution is -1.95. The van der Waals surface area contributed by atoms with Gasteiger partial charge in [-0.2, -0.15) is 10.4 Å². The van der Waals surface area contributed by atoms with E-state index in [1.807, 2.05) is 27.0 Å². The van der Waals surface area contributed by atoms with Gasteiger partial charge >= 0.3 is 0 Å². The normalized spacial score (nSPS) is 12.5. The zero-order chi connectivity index (χ0) is 8.43. The molecule has 1 rings (SSSR count). The molecule has 0 aliphatic carbocycles. The highest BCUT2D eigenvalue weighted by molar-refractivity contribution is 5.17. The number of hydrogen-bond acceptors (Lipinski definition) is 2. The van der Waals surface area contributed by atoms with E-state index in [0.717, 1.165) is 11.4 Å². The summed E-state index contributed by atoms with van der Waals surface area (Å²) in [6.07, 6.45) is 0. The molecule has 0 aliphatic heterocycles. The summed E-state index contributed by atoms with van der Waals surface area (Å²) in [5.41, 5.74) is 1.94. The van der Waals surface area contributed by atoms with Gasteiger partial charge in [0.1, 0.15) is 0 Å². The van der Waals surface area contributed by atoms with Gasteiger partial charge in [-0.3, -0.25) is 4.68 Å². The minimum absolute atomic E-state index is 0.102. The molecule has 0 aromatic carbocycles. The molecule has 1 atom stereocenters. The van der Waals surface area contributed by atoms with E-state index in [-0.39, 0.29) is 5.92 Å². The number of nitrogens with zero attached hydrogens (tertiary/aromatic N) is 3. The summed E-state index contributed by atoms with van der Waals surface area (Å²) in [6, 6.07) is 4.08.